The van der Waals surface area contributed by atoms with Gasteiger partial charge in [0.1, 0.15) is 23.4 Å². The molecule has 1 aromatic heterocycles. The molecule has 0 spiro atoms. The van der Waals surface area contributed by atoms with Crippen molar-refractivity contribution in [3.05, 3.63) is 47.3 Å². The van der Waals surface area contributed by atoms with Gasteiger partial charge < -0.3 is 9.64 Å². The number of imidazole rings is 1. The summed E-state index contributed by atoms with van der Waals surface area (Å²) in [5.41, 5.74) is 1.69. The Bertz CT molecular complexity index is 874. The first-order valence-electron chi connectivity index (χ1n) is 7.52. The van der Waals surface area contributed by atoms with Crippen LogP contribution in [-0.2, 0) is 11.3 Å². The fraction of sp³-hybridized carbons (Fsp3) is 0.333. The van der Waals surface area contributed by atoms with Crippen LogP contribution in [0.3, 0.4) is 0 Å². The van der Waals surface area contributed by atoms with Gasteiger partial charge in [0.2, 0.25) is 0 Å². The lowest BCUT2D eigenvalue weighted by Gasteiger charge is -2.15. The molecule has 0 N–H and O–H groups in total. The van der Waals surface area contributed by atoms with Crippen LogP contribution in [0, 0.1) is 17.7 Å². The van der Waals surface area contributed by atoms with Crippen LogP contribution in [0.1, 0.15) is 35.6 Å². The highest BCUT2D eigenvalue weighted by molar-refractivity contribution is 5.98. The molecule has 0 unspecified atom stereocenters. The number of carbonyl (C=O) groups is 1. The third-order valence-corrected chi connectivity index (χ3v) is 4.04. The summed E-state index contributed by atoms with van der Waals surface area (Å²) in [5.74, 6) is 5.38. The van der Waals surface area contributed by atoms with Gasteiger partial charge in [-0.2, -0.15) is 0 Å². The molecule has 24 heavy (non-hydrogen) atoms. The van der Waals surface area contributed by atoms with Crippen molar-refractivity contribution in [3.8, 4) is 17.5 Å². The third kappa shape index (κ3) is 2.79. The van der Waals surface area contributed by atoms with E-state index in [1.807, 2.05) is 13.8 Å². The topological polar surface area (TPSA) is 47.4 Å². The van der Waals surface area contributed by atoms with Crippen LogP contribution in [0.15, 0.2) is 24.5 Å². The molecule has 1 aromatic carbocycles. The number of ether oxygens (including phenoxy) is 1. The highest BCUT2D eigenvalue weighted by Crippen LogP contribution is 2.26. The molecule has 6 heteroatoms. The van der Waals surface area contributed by atoms with Crippen LogP contribution in [-0.4, -0.2) is 40.1 Å². The Labute approximate surface area is 140 Å². The smallest absolute Gasteiger partial charge is 0.256 e. The molecule has 5 nitrogen and oxygen atoms in total. The minimum absolute atomic E-state index is 0.232. The van der Waals surface area contributed by atoms with Crippen LogP contribution in [0.25, 0.3) is 5.69 Å². The van der Waals surface area contributed by atoms with Gasteiger partial charge in [-0.15, -0.1) is 0 Å². The number of benzene rings is 1. The Morgan fingerprint density at radius 3 is 2.83 bits per heavy atom. The van der Waals surface area contributed by atoms with E-state index in [0.29, 0.717) is 23.5 Å². The number of aromatic nitrogens is 2. The normalized spacial score (nSPS) is 13.7. The van der Waals surface area contributed by atoms with Crippen LogP contribution in [0.5, 0.6) is 0 Å². The van der Waals surface area contributed by atoms with E-state index >= 15 is 0 Å². The van der Waals surface area contributed by atoms with E-state index < -0.39 is 11.4 Å². The zero-order valence-electron chi connectivity index (χ0n) is 14.1. The second-order valence-electron chi connectivity index (χ2n) is 6.20. The summed E-state index contributed by atoms with van der Waals surface area (Å²) < 4.78 is 20.7. The molecule has 0 bridgehead atoms. The summed E-state index contributed by atoms with van der Waals surface area (Å²) in [5, 5.41) is 0. The van der Waals surface area contributed by atoms with Gasteiger partial charge in [-0.3, -0.25) is 9.36 Å². The molecule has 2 heterocycles. The first-order chi connectivity index (χ1) is 11.3. The van der Waals surface area contributed by atoms with E-state index in [2.05, 4.69) is 16.8 Å². The van der Waals surface area contributed by atoms with Crippen molar-refractivity contribution in [2.75, 3.05) is 14.2 Å². The zero-order chi connectivity index (χ0) is 17.5. The second kappa shape index (κ2) is 5.77. The largest absolute Gasteiger partial charge is 0.366 e. The number of hydrogen-bond acceptors (Lipinski definition) is 3. The van der Waals surface area contributed by atoms with E-state index in [4.69, 9.17) is 4.74 Å². The zero-order valence-corrected chi connectivity index (χ0v) is 14.1. The number of hydrogen-bond donors (Lipinski definition) is 0. The molecular formula is C18H18FN3O2. The summed E-state index contributed by atoms with van der Waals surface area (Å²) in [6.45, 7) is 4.07. The van der Waals surface area contributed by atoms with Crippen LogP contribution in [0.4, 0.5) is 4.39 Å². The average molecular weight is 327 g/mol. The molecule has 0 saturated carbocycles. The lowest BCUT2D eigenvalue weighted by Crippen LogP contribution is -2.25. The number of halogens is 1. The number of nitrogens with zero attached hydrogens (tertiary/aromatic N) is 3. The molecule has 1 amide bonds. The van der Waals surface area contributed by atoms with Gasteiger partial charge in [0.25, 0.3) is 5.91 Å². The van der Waals surface area contributed by atoms with Gasteiger partial charge in [-0.1, -0.05) is 5.92 Å². The van der Waals surface area contributed by atoms with Gasteiger partial charge in [0.15, 0.2) is 0 Å². The minimum Gasteiger partial charge on any atom is -0.366 e. The number of methoxy groups -OCH3 is 1. The van der Waals surface area contributed by atoms with Crippen LogP contribution in [0.2, 0.25) is 0 Å². The molecule has 0 saturated heterocycles. The third-order valence-electron chi connectivity index (χ3n) is 4.04. The molecule has 3 rings (SSSR count). The minimum atomic E-state index is -0.593. The van der Waals surface area contributed by atoms with E-state index in [-0.39, 0.29) is 5.91 Å². The van der Waals surface area contributed by atoms with Crippen LogP contribution < -0.4 is 0 Å². The standard InChI is InChI=1S/C18H18FN3O2/c1-18(2,24-4)8-7-14-16-10-21(3)17(23)13-9-12(19)5-6-15(13)22(16)11-20-14/h5-6,9,11H,10H2,1-4H3. The molecular weight excluding hydrogens is 309 g/mol. The second-order valence-corrected chi connectivity index (χ2v) is 6.20. The van der Waals surface area contributed by atoms with Crippen molar-refractivity contribution < 1.29 is 13.9 Å². The Morgan fingerprint density at radius 2 is 2.12 bits per heavy atom. The summed E-state index contributed by atoms with van der Waals surface area (Å²) in [6, 6.07) is 4.17. The maximum atomic E-state index is 13.6. The van der Waals surface area contributed by atoms with Gasteiger partial charge in [-0.05, 0) is 38.0 Å². The highest BCUT2D eigenvalue weighted by atomic mass is 19.1. The quantitative estimate of drug-likeness (QED) is 0.756. The van der Waals surface area contributed by atoms with E-state index in [0.717, 1.165) is 5.69 Å². The Hall–Kier alpha value is -2.65. The summed E-state index contributed by atoms with van der Waals surface area (Å²) in [4.78, 5) is 18.4. The number of rotatable bonds is 1. The number of carbonyl (C=O) groups excluding carboxylic acids is 1. The molecule has 1 aliphatic rings. The lowest BCUT2D eigenvalue weighted by atomic mass is 10.1. The predicted octanol–water partition coefficient (Wildman–Crippen LogP) is 2.37. The number of amides is 1. The summed E-state index contributed by atoms with van der Waals surface area (Å²) in [7, 11) is 3.27. The van der Waals surface area contributed by atoms with Crippen molar-refractivity contribution in [2.24, 2.45) is 0 Å². The summed E-state index contributed by atoms with van der Waals surface area (Å²) in [6.07, 6.45) is 1.61. The van der Waals surface area contributed by atoms with Gasteiger partial charge in [0.05, 0.1) is 23.5 Å². The van der Waals surface area contributed by atoms with E-state index in [1.54, 1.807) is 31.1 Å². The van der Waals surface area contributed by atoms with Gasteiger partial charge >= 0.3 is 0 Å². The molecule has 0 aliphatic carbocycles. The number of fused-ring (bicyclic) bond motifs is 3. The molecule has 124 valence electrons. The average Bonchev–Trinajstić information content (AvgIpc) is 2.90. The molecule has 1 aliphatic heterocycles. The van der Waals surface area contributed by atoms with Crippen LogP contribution >= 0.6 is 0 Å². The maximum absolute atomic E-state index is 13.6. The van der Waals surface area contributed by atoms with E-state index in [1.165, 1.54) is 17.0 Å². The van der Waals surface area contributed by atoms with Crippen molar-refractivity contribution in [1.82, 2.24) is 14.5 Å². The molecule has 0 radical (unpaired) electrons. The fourth-order valence-electron chi connectivity index (χ4n) is 2.49. The molecule has 0 atom stereocenters. The Balaban J connectivity index is 2.15. The molecule has 2 aromatic rings. The van der Waals surface area contributed by atoms with Gasteiger partial charge in [-0.25, -0.2) is 9.37 Å². The first-order valence-corrected chi connectivity index (χ1v) is 7.52. The van der Waals surface area contributed by atoms with Crippen molar-refractivity contribution in [1.29, 1.82) is 0 Å². The lowest BCUT2D eigenvalue weighted by molar-refractivity contribution is 0.0741. The Kier molecular flexibility index (Phi) is 3.90. The van der Waals surface area contributed by atoms with Crippen molar-refractivity contribution in [3.63, 3.8) is 0 Å². The summed E-state index contributed by atoms with van der Waals surface area (Å²) >= 11 is 0. The van der Waals surface area contributed by atoms with Crippen molar-refractivity contribution in [2.45, 2.75) is 26.0 Å². The fourth-order valence-corrected chi connectivity index (χ4v) is 2.49. The monoisotopic (exact) mass is 327 g/mol. The molecule has 0 fully saturated rings. The Morgan fingerprint density at radius 1 is 1.38 bits per heavy atom. The first kappa shape index (κ1) is 16.2. The van der Waals surface area contributed by atoms with Crippen molar-refractivity contribution >= 4 is 5.91 Å². The maximum Gasteiger partial charge on any atom is 0.256 e. The predicted molar refractivity (Wildman–Crippen MR) is 87.3 cm³/mol. The van der Waals surface area contributed by atoms with Gasteiger partial charge in [0, 0.05) is 14.2 Å². The highest BCUT2D eigenvalue weighted by Gasteiger charge is 2.26. The van der Waals surface area contributed by atoms with E-state index in [9.17, 15) is 9.18 Å². The SMILES string of the molecule is COC(C)(C)C#Cc1ncn2c1CN(C)C(=O)c1cc(F)ccc1-2.